The molecule has 1 aromatic rings. The van der Waals surface area contributed by atoms with Gasteiger partial charge in [0.2, 0.25) is 0 Å². The molecule has 2 rings (SSSR count). The Morgan fingerprint density at radius 1 is 1.27 bits per heavy atom. The van der Waals surface area contributed by atoms with Gasteiger partial charge in [-0.2, -0.15) is 13.2 Å². The zero-order chi connectivity index (χ0) is 20.3. The minimum atomic E-state index is -5.08. The summed E-state index contributed by atoms with van der Waals surface area (Å²) in [4.78, 5) is 22.6. The predicted molar refractivity (Wildman–Crippen MR) is 85.2 cm³/mol. The molecule has 0 spiro atoms. The highest BCUT2D eigenvalue weighted by molar-refractivity contribution is 5.89. The van der Waals surface area contributed by atoms with Crippen LogP contribution in [0.3, 0.4) is 0 Å². The Balaban J connectivity index is 0.000000412. The Hall–Kier alpha value is -2.36. The molecule has 3 N–H and O–H groups in total. The maximum absolute atomic E-state index is 13.3. The molecule has 0 bridgehead atoms. The summed E-state index contributed by atoms with van der Waals surface area (Å²) in [6, 6.07) is 4.04. The molecule has 1 unspecified atom stereocenters. The zero-order valence-corrected chi connectivity index (χ0v) is 14.4. The number of hydrogen-bond acceptors (Lipinski definition) is 4. The van der Waals surface area contributed by atoms with Gasteiger partial charge in [-0.15, -0.1) is 0 Å². The van der Waals surface area contributed by atoms with Gasteiger partial charge in [0.1, 0.15) is 11.4 Å². The number of carbonyl (C=O) groups excluding carboxylic acids is 1. The number of benzene rings is 1. The van der Waals surface area contributed by atoms with E-state index in [2.05, 4.69) is 0 Å². The number of carbonyl (C=O) groups is 2. The van der Waals surface area contributed by atoms with E-state index in [1.807, 2.05) is 20.8 Å². The van der Waals surface area contributed by atoms with Gasteiger partial charge >= 0.3 is 18.2 Å². The maximum Gasteiger partial charge on any atom is 0.490 e. The van der Waals surface area contributed by atoms with Gasteiger partial charge in [-0.05, 0) is 51.0 Å². The van der Waals surface area contributed by atoms with Gasteiger partial charge in [-0.25, -0.2) is 14.0 Å². The fourth-order valence-electron chi connectivity index (χ4n) is 2.12. The number of hydrogen-bond donors (Lipinski definition) is 2. The molecule has 1 amide bonds. The van der Waals surface area contributed by atoms with Crippen molar-refractivity contribution in [2.24, 2.45) is 5.73 Å². The molecule has 1 heterocycles. The molecule has 6 nitrogen and oxygen atoms in total. The van der Waals surface area contributed by atoms with E-state index in [4.69, 9.17) is 20.4 Å². The first-order valence-electron chi connectivity index (χ1n) is 7.58. The maximum atomic E-state index is 13.3. The minimum absolute atomic E-state index is 0.246. The van der Waals surface area contributed by atoms with Crippen molar-refractivity contribution in [3.8, 4) is 0 Å². The lowest BCUT2D eigenvalue weighted by Gasteiger charge is -2.34. The summed E-state index contributed by atoms with van der Waals surface area (Å²) < 4.78 is 50.4. The molecule has 1 atom stereocenters. The highest BCUT2D eigenvalue weighted by Gasteiger charge is 2.38. The summed E-state index contributed by atoms with van der Waals surface area (Å²) in [5.41, 5.74) is 6.68. The van der Waals surface area contributed by atoms with Gasteiger partial charge in [0.05, 0.1) is 5.69 Å². The van der Waals surface area contributed by atoms with Crippen molar-refractivity contribution >= 4 is 17.7 Å². The third-order valence-corrected chi connectivity index (χ3v) is 3.20. The van der Waals surface area contributed by atoms with E-state index >= 15 is 0 Å². The molecule has 0 radical (unpaired) electrons. The first-order valence-corrected chi connectivity index (χ1v) is 7.58. The third-order valence-electron chi connectivity index (χ3n) is 3.20. The quantitative estimate of drug-likeness (QED) is 0.671. The predicted octanol–water partition coefficient (Wildman–Crippen LogP) is 3.60. The molecule has 0 saturated carbocycles. The lowest BCUT2D eigenvalue weighted by molar-refractivity contribution is -0.192. The van der Waals surface area contributed by atoms with E-state index in [-0.39, 0.29) is 11.9 Å². The van der Waals surface area contributed by atoms with E-state index in [0.29, 0.717) is 24.2 Å². The molecule has 1 aliphatic heterocycles. The number of amides is 1. The zero-order valence-electron chi connectivity index (χ0n) is 14.4. The Morgan fingerprint density at radius 2 is 1.81 bits per heavy atom. The number of alkyl halides is 3. The summed E-state index contributed by atoms with van der Waals surface area (Å²) >= 11 is 0. The molecule has 0 saturated heterocycles. The summed E-state index contributed by atoms with van der Waals surface area (Å²) in [5, 5.41) is 7.12. The van der Waals surface area contributed by atoms with Crippen molar-refractivity contribution in [2.75, 3.05) is 11.4 Å². The van der Waals surface area contributed by atoms with Crippen LogP contribution in [0.25, 0.3) is 0 Å². The average molecular weight is 380 g/mol. The molecule has 26 heavy (non-hydrogen) atoms. The smallest absolute Gasteiger partial charge is 0.475 e. The lowest BCUT2D eigenvalue weighted by Crippen LogP contribution is -2.41. The monoisotopic (exact) mass is 380 g/mol. The molecule has 0 aromatic heterocycles. The number of nitrogens with zero attached hydrogens (tertiary/aromatic N) is 1. The molecule has 0 fully saturated rings. The molecule has 1 aromatic carbocycles. The van der Waals surface area contributed by atoms with E-state index in [0.717, 1.165) is 0 Å². The van der Waals surface area contributed by atoms with E-state index in [9.17, 15) is 22.4 Å². The first kappa shape index (κ1) is 21.7. The fraction of sp³-hybridized carbons (Fsp3) is 0.500. The summed E-state index contributed by atoms with van der Waals surface area (Å²) in [7, 11) is 0. The van der Waals surface area contributed by atoms with E-state index < -0.39 is 23.8 Å². The molecule has 1 aliphatic rings. The molecule has 10 heteroatoms. The van der Waals surface area contributed by atoms with Gasteiger partial charge in [0.15, 0.2) is 0 Å². The number of carboxylic acids is 1. The van der Waals surface area contributed by atoms with E-state index in [1.165, 1.54) is 17.0 Å². The second-order valence-electron chi connectivity index (χ2n) is 6.53. The molecule has 0 aliphatic carbocycles. The minimum Gasteiger partial charge on any atom is -0.475 e. The number of rotatable bonds is 0. The number of nitrogens with two attached hydrogens (primary N) is 1. The molecular weight excluding hydrogens is 360 g/mol. The topological polar surface area (TPSA) is 92.9 Å². The van der Waals surface area contributed by atoms with Crippen LogP contribution < -0.4 is 10.6 Å². The van der Waals surface area contributed by atoms with Gasteiger partial charge in [-0.1, -0.05) is 0 Å². The van der Waals surface area contributed by atoms with Crippen molar-refractivity contribution in [3.05, 3.63) is 29.6 Å². The largest absolute Gasteiger partial charge is 0.490 e. The summed E-state index contributed by atoms with van der Waals surface area (Å²) in [5.74, 6) is -3.10. The standard InChI is InChI=1S/C14H19FN2O2.C2HF3O2/c1-14(2,3)19-13(18)17-7-6-11(16)10-8-9(15)4-5-12(10)17;3-2(4,5)1(6)7/h4-5,8,11H,6-7,16H2,1-3H3;(H,6,7). The first-order chi connectivity index (χ1) is 11.7. The molecular formula is C16H20F4N2O4. The van der Waals surface area contributed by atoms with Crippen molar-refractivity contribution in [2.45, 2.75) is 45.0 Å². The Kier molecular flexibility index (Phi) is 6.59. The number of carboxylic acid groups (broad SMARTS) is 1. The van der Waals surface area contributed by atoms with Gasteiger partial charge < -0.3 is 15.6 Å². The van der Waals surface area contributed by atoms with Crippen LogP contribution in [-0.2, 0) is 9.53 Å². The van der Waals surface area contributed by atoms with Crippen LogP contribution in [0.4, 0.5) is 28.0 Å². The van der Waals surface area contributed by atoms with E-state index in [1.54, 1.807) is 6.07 Å². The van der Waals surface area contributed by atoms with Crippen LogP contribution in [0.1, 0.15) is 38.8 Å². The highest BCUT2D eigenvalue weighted by Crippen LogP contribution is 2.33. The highest BCUT2D eigenvalue weighted by atomic mass is 19.4. The number of anilines is 1. The molecule has 146 valence electrons. The number of halogens is 4. The van der Waals surface area contributed by atoms with Crippen LogP contribution in [0.5, 0.6) is 0 Å². The van der Waals surface area contributed by atoms with Gasteiger partial charge in [0.25, 0.3) is 0 Å². The third kappa shape index (κ3) is 6.17. The van der Waals surface area contributed by atoms with Gasteiger partial charge in [-0.3, -0.25) is 4.90 Å². The summed E-state index contributed by atoms with van der Waals surface area (Å²) in [6.45, 7) is 5.92. The fourth-order valence-corrected chi connectivity index (χ4v) is 2.12. The van der Waals surface area contributed by atoms with Crippen molar-refractivity contribution < 1.29 is 37.0 Å². The van der Waals surface area contributed by atoms with Crippen LogP contribution in [-0.4, -0.2) is 35.5 Å². The number of ether oxygens (including phenoxy) is 1. The summed E-state index contributed by atoms with van der Waals surface area (Å²) in [6.07, 6.45) is -4.91. The van der Waals surface area contributed by atoms with Crippen LogP contribution in [0.2, 0.25) is 0 Å². The number of aliphatic carboxylic acids is 1. The van der Waals surface area contributed by atoms with Gasteiger partial charge in [0, 0.05) is 12.6 Å². The Morgan fingerprint density at radius 3 is 2.27 bits per heavy atom. The average Bonchev–Trinajstić information content (AvgIpc) is 2.46. The number of fused-ring (bicyclic) bond motifs is 1. The SMILES string of the molecule is CC(C)(C)OC(=O)N1CCC(N)c2cc(F)ccc21.O=C(O)C(F)(F)F. The van der Waals surface area contributed by atoms with Crippen molar-refractivity contribution in [1.29, 1.82) is 0 Å². The second kappa shape index (κ2) is 7.90. The van der Waals surface area contributed by atoms with Crippen LogP contribution in [0, 0.1) is 5.82 Å². The second-order valence-corrected chi connectivity index (χ2v) is 6.53. The Labute approximate surface area is 147 Å². The van der Waals surface area contributed by atoms with Crippen molar-refractivity contribution in [1.82, 2.24) is 0 Å². The normalized spacial score (nSPS) is 16.9. The van der Waals surface area contributed by atoms with Crippen LogP contribution >= 0.6 is 0 Å². The Bertz CT molecular complexity index is 671. The van der Waals surface area contributed by atoms with Crippen LogP contribution in [0.15, 0.2) is 18.2 Å². The lowest BCUT2D eigenvalue weighted by atomic mass is 9.97. The van der Waals surface area contributed by atoms with Crippen molar-refractivity contribution in [3.63, 3.8) is 0 Å².